The fraction of sp³-hybridized carbons (Fsp3) is 0.250. The largest absolute Gasteiger partial charge is 0.365 e. The summed E-state index contributed by atoms with van der Waals surface area (Å²) in [6, 6.07) is 13.5. The van der Waals surface area contributed by atoms with Crippen LogP contribution >= 0.6 is 11.6 Å². The Morgan fingerprint density at radius 3 is 2.62 bits per heavy atom. The highest BCUT2D eigenvalue weighted by Crippen LogP contribution is 2.32. The molecular weight excluding hydrogens is 488 g/mol. The maximum Gasteiger partial charge on any atom is 0.200 e. The van der Waals surface area contributed by atoms with Gasteiger partial charge in [0.05, 0.1) is 16.9 Å². The summed E-state index contributed by atoms with van der Waals surface area (Å²) in [5.74, 6) is 1.39. The number of nitrogens with zero attached hydrogens (tertiary/aromatic N) is 5. The molecule has 0 aliphatic rings. The van der Waals surface area contributed by atoms with Gasteiger partial charge in [-0.25, -0.2) is 9.97 Å². The number of Topliss-reactive ketones (excluding diaryl/α,β-unsaturated/α-hetero) is 1. The lowest BCUT2D eigenvalue weighted by atomic mass is 10.0. The maximum atomic E-state index is 13.2. The summed E-state index contributed by atoms with van der Waals surface area (Å²) < 4.78 is 7.13. The minimum Gasteiger partial charge on any atom is -0.365 e. The summed E-state index contributed by atoms with van der Waals surface area (Å²) in [4.78, 5) is 22.5. The zero-order chi connectivity index (χ0) is 26.1. The van der Waals surface area contributed by atoms with Crippen LogP contribution in [0.1, 0.15) is 45.3 Å². The number of fused-ring (bicyclic) bond motifs is 1. The normalized spacial score (nSPS) is 11.3. The molecule has 0 saturated heterocycles. The van der Waals surface area contributed by atoms with Gasteiger partial charge in [-0.2, -0.15) is 5.10 Å². The molecule has 0 spiro atoms. The lowest BCUT2D eigenvalue weighted by molar-refractivity contribution is 0.0973. The SMILES string of the molecule is Cc1nn(C)cc1CCC(=O)c1nc(NCc2cccc(Cl)c2)c2cc(-c3c(C)noc3C)ccc2n1. The molecule has 0 bridgehead atoms. The lowest BCUT2D eigenvalue weighted by Gasteiger charge is -2.12. The molecule has 0 aliphatic carbocycles. The number of halogens is 1. The van der Waals surface area contributed by atoms with Crippen molar-refractivity contribution in [2.75, 3.05) is 5.32 Å². The van der Waals surface area contributed by atoms with Crippen LogP contribution in [0.25, 0.3) is 22.0 Å². The van der Waals surface area contributed by atoms with E-state index >= 15 is 0 Å². The number of carbonyl (C=O) groups excluding carboxylic acids is 1. The number of hydrogen-bond acceptors (Lipinski definition) is 7. The second kappa shape index (κ2) is 10.1. The summed E-state index contributed by atoms with van der Waals surface area (Å²) in [6.45, 7) is 6.24. The van der Waals surface area contributed by atoms with Crippen LogP contribution in [-0.2, 0) is 20.0 Å². The molecule has 0 saturated carbocycles. The van der Waals surface area contributed by atoms with Crippen molar-refractivity contribution in [3.63, 3.8) is 0 Å². The van der Waals surface area contributed by atoms with Crippen molar-refractivity contribution in [3.8, 4) is 11.1 Å². The van der Waals surface area contributed by atoms with Gasteiger partial charge in [0.1, 0.15) is 11.6 Å². The molecule has 3 aromatic heterocycles. The summed E-state index contributed by atoms with van der Waals surface area (Å²) in [5, 5.41) is 13.3. The van der Waals surface area contributed by atoms with Gasteiger partial charge in [0.2, 0.25) is 0 Å². The van der Waals surface area contributed by atoms with E-state index in [-0.39, 0.29) is 11.6 Å². The molecule has 0 atom stereocenters. The zero-order valence-electron chi connectivity index (χ0n) is 21.2. The molecule has 5 aromatic rings. The van der Waals surface area contributed by atoms with Crippen LogP contribution in [0.4, 0.5) is 5.82 Å². The van der Waals surface area contributed by atoms with Crippen molar-refractivity contribution < 1.29 is 9.32 Å². The van der Waals surface area contributed by atoms with E-state index in [0.717, 1.165) is 44.8 Å². The number of anilines is 1. The smallest absolute Gasteiger partial charge is 0.200 e. The minimum absolute atomic E-state index is 0.120. The molecule has 188 valence electrons. The number of hydrogen-bond donors (Lipinski definition) is 1. The lowest BCUT2D eigenvalue weighted by Crippen LogP contribution is -2.11. The number of benzene rings is 2. The Kier molecular flexibility index (Phi) is 6.76. The molecule has 37 heavy (non-hydrogen) atoms. The van der Waals surface area contributed by atoms with Gasteiger partial charge in [-0.15, -0.1) is 0 Å². The number of aryl methyl sites for hydroxylation is 5. The third kappa shape index (κ3) is 5.24. The van der Waals surface area contributed by atoms with Crippen LogP contribution in [0.2, 0.25) is 5.02 Å². The predicted molar refractivity (Wildman–Crippen MR) is 144 cm³/mol. The number of carbonyl (C=O) groups is 1. The summed E-state index contributed by atoms with van der Waals surface area (Å²) >= 11 is 6.17. The van der Waals surface area contributed by atoms with Crippen LogP contribution < -0.4 is 5.32 Å². The van der Waals surface area contributed by atoms with E-state index in [1.54, 1.807) is 4.68 Å². The quantitative estimate of drug-likeness (QED) is 0.252. The van der Waals surface area contributed by atoms with E-state index in [0.29, 0.717) is 35.7 Å². The van der Waals surface area contributed by atoms with E-state index in [4.69, 9.17) is 16.1 Å². The molecule has 3 heterocycles. The highest BCUT2D eigenvalue weighted by atomic mass is 35.5. The van der Waals surface area contributed by atoms with Crippen LogP contribution in [0.3, 0.4) is 0 Å². The highest BCUT2D eigenvalue weighted by molar-refractivity contribution is 6.30. The Bertz CT molecular complexity index is 1600. The van der Waals surface area contributed by atoms with Crippen LogP contribution in [-0.4, -0.2) is 30.7 Å². The molecule has 0 radical (unpaired) electrons. The first-order valence-electron chi connectivity index (χ1n) is 12.0. The Hall–Kier alpha value is -4.04. The third-order valence-corrected chi connectivity index (χ3v) is 6.59. The Morgan fingerprint density at radius 2 is 1.92 bits per heavy atom. The second-order valence-corrected chi connectivity index (χ2v) is 9.58. The average molecular weight is 515 g/mol. The first-order valence-corrected chi connectivity index (χ1v) is 12.4. The number of nitrogens with one attached hydrogen (secondary N) is 1. The molecule has 0 unspecified atom stereocenters. The van der Waals surface area contributed by atoms with Crippen molar-refractivity contribution in [1.29, 1.82) is 0 Å². The molecule has 1 N–H and O–H groups in total. The fourth-order valence-electron chi connectivity index (χ4n) is 4.53. The van der Waals surface area contributed by atoms with Crippen molar-refractivity contribution in [2.24, 2.45) is 7.05 Å². The van der Waals surface area contributed by atoms with Gasteiger partial charge < -0.3 is 9.84 Å². The van der Waals surface area contributed by atoms with E-state index in [9.17, 15) is 4.79 Å². The Morgan fingerprint density at radius 1 is 1.08 bits per heavy atom. The highest BCUT2D eigenvalue weighted by Gasteiger charge is 2.18. The van der Waals surface area contributed by atoms with Gasteiger partial charge in [0.15, 0.2) is 11.6 Å². The van der Waals surface area contributed by atoms with Gasteiger partial charge in [-0.05, 0) is 68.1 Å². The van der Waals surface area contributed by atoms with Crippen LogP contribution in [0.15, 0.2) is 53.2 Å². The first kappa shape index (κ1) is 24.6. The summed E-state index contributed by atoms with van der Waals surface area (Å²) in [6.07, 6.45) is 2.82. The van der Waals surface area contributed by atoms with Crippen LogP contribution in [0.5, 0.6) is 0 Å². The van der Waals surface area contributed by atoms with Gasteiger partial charge in [0.25, 0.3) is 0 Å². The number of aromatic nitrogens is 5. The van der Waals surface area contributed by atoms with Crippen molar-refractivity contribution in [1.82, 2.24) is 24.9 Å². The standard InChI is InChI=1S/C28H27ClN6O2/c1-16-21(15-35(4)33-16)9-11-25(36)28-31-24-10-8-20(26-17(2)34-37-18(26)3)13-23(24)27(32-28)30-14-19-6-5-7-22(29)12-19/h5-8,10,12-13,15H,9,11,14H2,1-4H3,(H,30,31,32). The topological polar surface area (TPSA) is 98.7 Å². The third-order valence-electron chi connectivity index (χ3n) is 6.35. The van der Waals surface area contributed by atoms with Crippen molar-refractivity contribution >= 4 is 34.1 Å². The average Bonchev–Trinajstić information content (AvgIpc) is 3.39. The fourth-order valence-corrected chi connectivity index (χ4v) is 4.74. The second-order valence-electron chi connectivity index (χ2n) is 9.15. The Balaban J connectivity index is 1.51. The molecule has 2 aromatic carbocycles. The van der Waals surface area contributed by atoms with E-state index in [1.165, 1.54) is 0 Å². The summed E-state index contributed by atoms with van der Waals surface area (Å²) in [7, 11) is 1.87. The Labute approximate surface area is 219 Å². The van der Waals surface area contributed by atoms with E-state index in [1.807, 2.05) is 76.5 Å². The van der Waals surface area contributed by atoms with Gasteiger partial charge in [0, 0.05) is 42.2 Å². The number of rotatable bonds is 8. The monoisotopic (exact) mass is 514 g/mol. The van der Waals surface area contributed by atoms with Gasteiger partial charge in [-0.1, -0.05) is 35.0 Å². The molecule has 0 fully saturated rings. The number of ketones is 1. The maximum absolute atomic E-state index is 13.2. The van der Waals surface area contributed by atoms with Crippen molar-refractivity contribution in [3.05, 3.63) is 87.8 Å². The summed E-state index contributed by atoms with van der Waals surface area (Å²) in [5.41, 5.74) is 6.34. The van der Waals surface area contributed by atoms with Crippen molar-refractivity contribution in [2.45, 2.75) is 40.2 Å². The molecule has 9 heteroatoms. The minimum atomic E-state index is -0.120. The predicted octanol–water partition coefficient (Wildman–Crippen LogP) is 6.02. The van der Waals surface area contributed by atoms with Gasteiger partial charge >= 0.3 is 0 Å². The molecule has 0 amide bonds. The first-order chi connectivity index (χ1) is 17.8. The molecule has 5 rings (SSSR count). The molecule has 8 nitrogen and oxygen atoms in total. The van der Waals surface area contributed by atoms with E-state index < -0.39 is 0 Å². The molecule has 0 aliphatic heterocycles. The van der Waals surface area contributed by atoms with Crippen LogP contribution in [0, 0.1) is 20.8 Å². The van der Waals surface area contributed by atoms with E-state index in [2.05, 4.69) is 25.5 Å². The molecular formula is C28H27ClN6O2. The van der Waals surface area contributed by atoms with Gasteiger partial charge in [-0.3, -0.25) is 9.48 Å². The zero-order valence-corrected chi connectivity index (χ0v) is 21.9.